The Labute approximate surface area is 145 Å². The molecule has 0 aliphatic rings. The summed E-state index contributed by atoms with van der Waals surface area (Å²) >= 11 is 0. The van der Waals surface area contributed by atoms with Gasteiger partial charge in [-0.2, -0.15) is 0 Å². The zero-order valence-corrected chi connectivity index (χ0v) is 14.1. The Bertz CT molecular complexity index is 898. The molecule has 5 heteroatoms. The third-order valence-corrected chi connectivity index (χ3v) is 3.94. The molecular formula is C20H19NO4. The van der Waals surface area contributed by atoms with Gasteiger partial charge in [-0.1, -0.05) is 24.3 Å². The molecule has 0 aliphatic heterocycles. The van der Waals surface area contributed by atoms with Crippen molar-refractivity contribution in [2.75, 3.05) is 12.4 Å². The molecule has 0 bridgehead atoms. The minimum Gasteiger partial charge on any atom is -0.496 e. The predicted octanol–water partition coefficient (Wildman–Crippen LogP) is 4.01. The number of para-hydroxylation sites is 1. The first-order chi connectivity index (χ1) is 12.1. The lowest BCUT2D eigenvalue weighted by molar-refractivity contribution is 0.102. The van der Waals surface area contributed by atoms with Crippen molar-refractivity contribution in [1.82, 2.24) is 0 Å². The number of hydrogen-bond acceptors (Lipinski definition) is 4. The maximum absolute atomic E-state index is 12.6. The molecule has 0 unspecified atom stereocenters. The van der Waals surface area contributed by atoms with Gasteiger partial charge in [-0.05, 0) is 42.8 Å². The smallest absolute Gasteiger partial charge is 0.259 e. The molecule has 0 saturated heterocycles. The lowest BCUT2D eigenvalue weighted by Gasteiger charge is -2.12. The summed E-state index contributed by atoms with van der Waals surface area (Å²) in [6.07, 6.45) is 0. The Hall–Kier alpha value is -3.05. The Kier molecular flexibility index (Phi) is 4.86. The molecule has 0 atom stereocenters. The van der Waals surface area contributed by atoms with Crippen molar-refractivity contribution in [1.29, 1.82) is 0 Å². The van der Waals surface area contributed by atoms with E-state index in [1.165, 1.54) is 7.11 Å². The van der Waals surface area contributed by atoms with Crippen LogP contribution in [0.15, 0.2) is 59.0 Å². The molecule has 0 fully saturated rings. The van der Waals surface area contributed by atoms with Crippen molar-refractivity contribution < 1.29 is 19.1 Å². The molecule has 3 aromatic rings. The van der Waals surface area contributed by atoms with Crippen molar-refractivity contribution in [3.8, 4) is 17.1 Å². The maximum Gasteiger partial charge on any atom is 0.259 e. The fourth-order valence-corrected chi connectivity index (χ4v) is 2.55. The van der Waals surface area contributed by atoms with Gasteiger partial charge in [0.1, 0.15) is 23.9 Å². The number of carbonyl (C=O) groups excluding carboxylic acids is 1. The van der Waals surface area contributed by atoms with E-state index in [1.807, 2.05) is 31.2 Å². The second-order valence-electron chi connectivity index (χ2n) is 5.61. The molecule has 1 heterocycles. The highest BCUT2D eigenvalue weighted by atomic mass is 16.5. The van der Waals surface area contributed by atoms with Crippen LogP contribution in [0.4, 0.5) is 5.69 Å². The van der Waals surface area contributed by atoms with Crippen molar-refractivity contribution in [2.24, 2.45) is 0 Å². The van der Waals surface area contributed by atoms with Crippen molar-refractivity contribution in [3.63, 3.8) is 0 Å². The number of hydrogen-bond donors (Lipinski definition) is 2. The summed E-state index contributed by atoms with van der Waals surface area (Å²) < 4.78 is 10.8. The summed E-state index contributed by atoms with van der Waals surface area (Å²) in [4.78, 5) is 12.6. The Morgan fingerprint density at radius 2 is 1.96 bits per heavy atom. The fraction of sp³-hybridized carbons (Fsp3) is 0.150. The third kappa shape index (κ3) is 3.56. The standard InChI is InChI=1S/C20H19NO4/c1-13-7-8-14(18-10-9-15(12-22)25-18)11-17(13)21-20(23)16-5-3-4-6-19(16)24-2/h3-11,22H,12H2,1-2H3,(H,21,23). The number of carbonyl (C=O) groups is 1. The van der Waals surface area contributed by atoms with E-state index >= 15 is 0 Å². The third-order valence-electron chi connectivity index (χ3n) is 3.94. The van der Waals surface area contributed by atoms with Crippen LogP contribution >= 0.6 is 0 Å². The largest absolute Gasteiger partial charge is 0.496 e. The van der Waals surface area contributed by atoms with Gasteiger partial charge in [-0.15, -0.1) is 0 Å². The van der Waals surface area contributed by atoms with Crippen LogP contribution in [0.2, 0.25) is 0 Å². The fourth-order valence-electron chi connectivity index (χ4n) is 2.55. The molecule has 3 rings (SSSR count). The van der Waals surface area contributed by atoms with Crippen LogP contribution in [0.5, 0.6) is 5.75 Å². The summed E-state index contributed by atoms with van der Waals surface area (Å²) in [5.41, 5.74) is 2.91. The quantitative estimate of drug-likeness (QED) is 0.738. The predicted molar refractivity (Wildman–Crippen MR) is 95.8 cm³/mol. The van der Waals surface area contributed by atoms with E-state index in [4.69, 9.17) is 14.3 Å². The van der Waals surface area contributed by atoms with Crippen LogP contribution in [0, 0.1) is 6.92 Å². The number of nitrogens with one attached hydrogen (secondary N) is 1. The Balaban J connectivity index is 1.89. The average molecular weight is 337 g/mol. The maximum atomic E-state index is 12.6. The number of aryl methyl sites for hydroxylation is 1. The van der Waals surface area contributed by atoms with Gasteiger partial charge in [-0.3, -0.25) is 4.79 Å². The molecular weight excluding hydrogens is 318 g/mol. The summed E-state index contributed by atoms with van der Waals surface area (Å²) in [5, 5.41) is 12.1. The van der Waals surface area contributed by atoms with Gasteiger partial charge in [0.2, 0.25) is 0 Å². The van der Waals surface area contributed by atoms with Crippen LogP contribution in [0.1, 0.15) is 21.7 Å². The number of amides is 1. The zero-order chi connectivity index (χ0) is 17.8. The molecule has 2 aromatic carbocycles. The van der Waals surface area contributed by atoms with E-state index in [2.05, 4.69) is 5.32 Å². The molecule has 0 radical (unpaired) electrons. The second-order valence-corrected chi connectivity index (χ2v) is 5.61. The molecule has 2 N–H and O–H groups in total. The number of benzene rings is 2. The highest BCUT2D eigenvalue weighted by Crippen LogP contribution is 2.28. The van der Waals surface area contributed by atoms with Crippen molar-refractivity contribution >= 4 is 11.6 Å². The van der Waals surface area contributed by atoms with Crippen LogP contribution in [0.25, 0.3) is 11.3 Å². The van der Waals surface area contributed by atoms with Gasteiger partial charge in [0.05, 0.1) is 12.7 Å². The van der Waals surface area contributed by atoms with Gasteiger partial charge >= 0.3 is 0 Å². The second kappa shape index (κ2) is 7.23. The number of furan rings is 1. The number of methoxy groups -OCH3 is 1. The first kappa shape index (κ1) is 16.8. The van der Waals surface area contributed by atoms with Crippen LogP contribution in [-0.4, -0.2) is 18.1 Å². The molecule has 1 aromatic heterocycles. The SMILES string of the molecule is COc1ccccc1C(=O)Nc1cc(-c2ccc(CO)o2)ccc1C. The normalized spacial score (nSPS) is 10.5. The number of aliphatic hydroxyl groups excluding tert-OH is 1. The van der Waals surface area contributed by atoms with Gasteiger partial charge in [0, 0.05) is 11.3 Å². The molecule has 1 amide bonds. The monoisotopic (exact) mass is 337 g/mol. The first-order valence-electron chi connectivity index (χ1n) is 7.87. The lowest BCUT2D eigenvalue weighted by atomic mass is 10.1. The van der Waals surface area contributed by atoms with E-state index in [0.717, 1.165) is 11.1 Å². The summed E-state index contributed by atoms with van der Waals surface area (Å²) in [6.45, 7) is 1.77. The lowest BCUT2D eigenvalue weighted by Crippen LogP contribution is -2.14. The summed E-state index contributed by atoms with van der Waals surface area (Å²) in [6, 6.07) is 16.3. The number of ether oxygens (including phenoxy) is 1. The van der Waals surface area contributed by atoms with Gasteiger partial charge in [0.25, 0.3) is 5.91 Å². The zero-order valence-electron chi connectivity index (χ0n) is 14.1. The van der Waals surface area contributed by atoms with Crippen LogP contribution in [-0.2, 0) is 6.61 Å². The van der Waals surface area contributed by atoms with E-state index in [-0.39, 0.29) is 12.5 Å². The Morgan fingerprint density at radius 1 is 1.16 bits per heavy atom. The minimum atomic E-state index is -0.242. The van der Waals surface area contributed by atoms with E-state index < -0.39 is 0 Å². The number of anilines is 1. The minimum absolute atomic E-state index is 0.150. The van der Waals surface area contributed by atoms with Gasteiger partial charge in [0.15, 0.2) is 0 Å². The first-order valence-corrected chi connectivity index (χ1v) is 7.87. The molecule has 5 nitrogen and oxygen atoms in total. The van der Waals surface area contributed by atoms with Gasteiger partial charge in [-0.25, -0.2) is 0 Å². The molecule has 0 spiro atoms. The van der Waals surface area contributed by atoms with Gasteiger partial charge < -0.3 is 19.6 Å². The molecule has 0 aliphatic carbocycles. The Morgan fingerprint density at radius 3 is 2.68 bits per heavy atom. The molecule has 128 valence electrons. The highest BCUT2D eigenvalue weighted by molar-refractivity contribution is 6.06. The van der Waals surface area contributed by atoms with Crippen molar-refractivity contribution in [3.05, 3.63) is 71.5 Å². The highest BCUT2D eigenvalue weighted by Gasteiger charge is 2.14. The van der Waals surface area contributed by atoms with Crippen LogP contribution in [0.3, 0.4) is 0 Å². The van der Waals surface area contributed by atoms with Crippen LogP contribution < -0.4 is 10.1 Å². The molecule has 0 saturated carbocycles. The topological polar surface area (TPSA) is 71.7 Å². The van der Waals surface area contributed by atoms with E-state index in [0.29, 0.717) is 28.5 Å². The molecule has 25 heavy (non-hydrogen) atoms. The average Bonchev–Trinajstić information content (AvgIpc) is 3.12. The number of aliphatic hydroxyl groups is 1. The summed E-state index contributed by atoms with van der Waals surface area (Å²) in [5.74, 6) is 1.41. The van der Waals surface area contributed by atoms with E-state index in [1.54, 1.807) is 30.3 Å². The summed E-state index contributed by atoms with van der Waals surface area (Å²) in [7, 11) is 1.54. The van der Waals surface area contributed by atoms with E-state index in [9.17, 15) is 4.79 Å². The van der Waals surface area contributed by atoms with Crippen molar-refractivity contribution in [2.45, 2.75) is 13.5 Å². The number of rotatable bonds is 5.